The summed E-state index contributed by atoms with van der Waals surface area (Å²) < 4.78 is 0. The van der Waals surface area contributed by atoms with Crippen molar-refractivity contribution in [1.82, 2.24) is 20.1 Å². The lowest BCUT2D eigenvalue weighted by Crippen LogP contribution is -2.46. The Kier molecular flexibility index (Phi) is 4.93. The van der Waals surface area contributed by atoms with Gasteiger partial charge in [0.05, 0.1) is 6.20 Å². The molecule has 0 amide bonds. The number of likely N-dealkylation sites (N-methyl/N-ethyl adjacent to an activating group) is 1. The fraction of sp³-hybridized carbons (Fsp3) is 0.438. The summed E-state index contributed by atoms with van der Waals surface area (Å²) in [6.45, 7) is 9.28. The van der Waals surface area contributed by atoms with Crippen LogP contribution in [0.3, 0.4) is 0 Å². The fourth-order valence-corrected chi connectivity index (χ4v) is 2.83. The molecule has 0 unspecified atom stereocenters. The number of benzene rings is 1. The van der Waals surface area contributed by atoms with Crippen LogP contribution in [0.5, 0.6) is 0 Å². The molecule has 1 aliphatic heterocycles. The first-order chi connectivity index (χ1) is 11.2. The summed E-state index contributed by atoms with van der Waals surface area (Å²) in [5.74, 6) is 1.35. The van der Waals surface area contributed by atoms with Gasteiger partial charge in [0.15, 0.2) is 5.82 Å². The van der Waals surface area contributed by atoms with Crippen LogP contribution in [0.4, 0.5) is 17.5 Å². The molecule has 2 aromatic rings. The van der Waals surface area contributed by atoms with E-state index in [1.807, 2.05) is 25.1 Å². The summed E-state index contributed by atoms with van der Waals surface area (Å²) in [4.78, 5) is 9.27. The first kappa shape index (κ1) is 16.0. The lowest BCUT2D eigenvalue weighted by molar-refractivity contribution is 0.270. The largest absolute Gasteiger partial charge is 0.353 e. The summed E-state index contributed by atoms with van der Waals surface area (Å²) in [5.41, 5.74) is 1.87. The Morgan fingerprint density at radius 3 is 2.74 bits per heavy atom. The van der Waals surface area contributed by atoms with Gasteiger partial charge in [0.2, 0.25) is 5.95 Å². The smallest absolute Gasteiger partial charge is 0.249 e. The second-order valence-corrected chi connectivity index (χ2v) is 6.00. The molecule has 2 heterocycles. The van der Waals surface area contributed by atoms with Gasteiger partial charge in [-0.25, -0.2) is 0 Å². The number of nitrogens with one attached hydrogen (secondary N) is 1. The van der Waals surface area contributed by atoms with Crippen molar-refractivity contribution in [2.24, 2.45) is 0 Å². The lowest BCUT2D eigenvalue weighted by atomic mass is 10.2. The molecule has 1 aromatic carbocycles. The van der Waals surface area contributed by atoms with Crippen molar-refractivity contribution in [2.45, 2.75) is 13.8 Å². The normalized spacial score (nSPS) is 15.7. The predicted molar refractivity (Wildman–Crippen MR) is 93.6 cm³/mol. The minimum absolute atomic E-state index is 0.491. The second kappa shape index (κ2) is 7.10. The van der Waals surface area contributed by atoms with Gasteiger partial charge >= 0.3 is 0 Å². The molecule has 0 aliphatic carbocycles. The molecule has 1 fully saturated rings. The van der Waals surface area contributed by atoms with Crippen molar-refractivity contribution in [3.8, 4) is 0 Å². The van der Waals surface area contributed by atoms with Crippen LogP contribution in [-0.4, -0.2) is 52.8 Å². The van der Waals surface area contributed by atoms with E-state index in [2.05, 4.69) is 37.2 Å². The van der Waals surface area contributed by atoms with Gasteiger partial charge < -0.3 is 15.1 Å². The highest BCUT2D eigenvalue weighted by molar-refractivity contribution is 6.31. The van der Waals surface area contributed by atoms with Crippen LogP contribution < -0.4 is 10.2 Å². The maximum Gasteiger partial charge on any atom is 0.249 e. The van der Waals surface area contributed by atoms with Gasteiger partial charge in [0, 0.05) is 36.9 Å². The van der Waals surface area contributed by atoms with E-state index < -0.39 is 0 Å². The van der Waals surface area contributed by atoms with Gasteiger partial charge in [0.25, 0.3) is 0 Å². The number of hydrogen-bond donors (Lipinski definition) is 1. The number of aromatic nitrogens is 3. The Balaban J connectivity index is 1.74. The summed E-state index contributed by atoms with van der Waals surface area (Å²) in [7, 11) is 0. The van der Waals surface area contributed by atoms with Crippen LogP contribution in [0.2, 0.25) is 5.02 Å². The molecule has 3 rings (SSSR count). The zero-order valence-electron chi connectivity index (χ0n) is 13.5. The van der Waals surface area contributed by atoms with Crippen molar-refractivity contribution < 1.29 is 0 Å². The van der Waals surface area contributed by atoms with Crippen LogP contribution in [-0.2, 0) is 0 Å². The van der Waals surface area contributed by atoms with Crippen LogP contribution in [0.1, 0.15) is 12.5 Å². The van der Waals surface area contributed by atoms with Crippen LogP contribution in [0, 0.1) is 6.92 Å². The maximum absolute atomic E-state index is 6.15. The third-order valence-corrected chi connectivity index (χ3v) is 4.61. The average Bonchev–Trinajstić information content (AvgIpc) is 2.59. The molecule has 0 atom stereocenters. The summed E-state index contributed by atoms with van der Waals surface area (Å²) in [6, 6.07) is 5.72. The number of rotatable bonds is 4. The Hall–Kier alpha value is -1.92. The molecule has 0 saturated carbocycles. The van der Waals surface area contributed by atoms with Crippen molar-refractivity contribution in [1.29, 1.82) is 0 Å². The molecule has 0 spiro atoms. The first-order valence-corrected chi connectivity index (χ1v) is 8.24. The second-order valence-electron chi connectivity index (χ2n) is 5.60. The minimum Gasteiger partial charge on any atom is -0.353 e. The van der Waals surface area contributed by atoms with Crippen molar-refractivity contribution in [2.75, 3.05) is 42.9 Å². The molecule has 1 saturated heterocycles. The molecule has 0 bridgehead atoms. The Labute approximate surface area is 141 Å². The van der Waals surface area contributed by atoms with E-state index in [0.717, 1.165) is 54.8 Å². The fourth-order valence-electron chi connectivity index (χ4n) is 2.66. The molecule has 1 N–H and O–H groups in total. The monoisotopic (exact) mass is 332 g/mol. The zero-order valence-corrected chi connectivity index (χ0v) is 14.2. The Bertz CT molecular complexity index is 669. The minimum atomic E-state index is 0.491. The molecule has 6 nitrogen and oxygen atoms in total. The SMILES string of the molecule is CCN1CCN(c2cnnc(Nc3cccc(Cl)c3C)n2)CC1. The molecule has 1 aliphatic rings. The highest BCUT2D eigenvalue weighted by Gasteiger charge is 2.17. The van der Waals surface area contributed by atoms with Crippen LogP contribution in [0.25, 0.3) is 0 Å². The first-order valence-electron chi connectivity index (χ1n) is 7.86. The van der Waals surface area contributed by atoms with Gasteiger partial charge in [-0.1, -0.05) is 24.6 Å². The topological polar surface area (TPSA) is 57.2 Å². The number of piperazine rings is 1. The number of anilines is 3. The Morgan fingerprint density at radius 2 is 2.00 bits per heavy atom. The molecule has 1 aromatic heterocycles. The molecular weight excluding hydrogens is 312 g/mol. The number of hydrogen-bond acceptors (Lipinski definition) is 6. The van der Waals surface area contributed by atoms with Gasteiger partial charge in [0.1, 0.15) is 0 Å². The van der Waals surface area contributed by atoms with Crippen molar-refractivity contribution >= 4 is 29.1 Å². The quantitative estimate of drug-likeness (QED) is 0.929. The lowest BCUT2D eigenvalue weighted by Gasteiger charge is -2.34. The number of halogens is 1. The standard InChI is InChI=1S/C16H21ClN6/c1-3-22-7-9-23(10-8-22)15-11-18-21-16(20-15)19-14-6-4-5-13(17)12(14)2/h4-6,11H,3,7-10H2,1-2H3,(H,19,20,21). The van der Waals surface area contributed by atoms with Crippen molar-refractivity contribution in [3.05, 3.63) is 35.0 Å². The summed E-state index contributed by atoms with van der Waals surface area (Å²) in [6.07, 6.45) is 1.72. The summed E-state index contributed by atoms with van der Waals surface area (Å²) in [5, 5.41) is 12.1. The van der Waals surface area contributed by atoms with Gasteiger partial charge in [-0.15, -0.1) is 5.10 Å². The molecular formula is C16H21ClN6. The summed E-state index contributed by atoms with van der Waals surface area (Å²) >= 11 is 6.15. The predicted octanol–water partition coefficient (Wildman–Crippen LogP) is 2.72. The van der Waals surface area contributed by atoms with E-state index in [9.17, 15) is 0 Å². The molecule has 122 valence electrons. The third-order valence-electron chi connectivity index (χ3n) is 4.20. The van der Waals surface area contributed by atoms with E-state index in [-0.39, 0.29) is 0 Å². The molecule has 0 radical (unpaired) electrons. The van der Waals surface area contributed by atoms with Gasteiger partial charge in [-0.05, 0) is 31.2 Å². The molecule has 23 heavy (non-hydrogen) atoms. The van der Waals surface area contributed by atoms with E-state index in [4.69, 9.17) is 11.6 Å². The molecule has 7 heteroatoms. The van der Waals surface area contributed by atoms with Crippen LogP contribution >= 0.6 is 11.6 Å². The average molecular weight is 333 g/mol. The number of nitrogens with zero attached hydrogens (tertiary/aromatic N) is 5. The van der Waals surface area contributed by atoms with E-state index in [0.29, 0.717) is 5.95 Å². The maximum atomic E-state index is 6.15. The van der Waals surface area contributed by atoms with E-state index >= 15 is 0 Å². The van der Waals surface area contributed by atoms with Crippen LogP contribution in [0.15, 0.2) is 24.4 Å². The highest BCUT2D eigenvalue weighted by atomic mass is 35.5. The highest BCUT2D eigenvalue weighted by Crippen LogP contribution is 2.25. The van der Waals surface area contributed by atoms with Gasteiger partial charge in [-0.3, -0.25) is 0 Å². The van der Waals surface area contributed by atoms with E-state index in [1.165, 1.54) is 0 Å². The zero-order chi connectivity index (χ0) is 16.2. The Morgan fingerprint density at radius 1 is 1.22 bits per heavy atom. The van der Waals surface area contributed by atoms with Crippen molar-refractivity contribution in [3.63, 3.8) is 0 Å². The van der Waals surface area contributed by atoms with Gasteiger partial charge in [-0.2, -0.15) is 10.1 Å². The van der Waals surface area contributed by atoms with E-state index in [1.54, 1.807) is 6.20 Å². The third kappa shape index (κ3) is 3.71.